The van der Waals surface area contributed by atoms with E-state index in [0.717, 1.165) is 29.9 Å². The van der Waals surface area contributed by atoms with Crippen molar-refractivity contribution in [2.24, 2.45) is 0 Å². The fraction of sp³-hybridized carbons (Fsp3) is 0.222. The number of aryl methyl sites for hydroxylation is 1. The molecule has 4 nitrogen and oxygen atoms in total. The van der Waals surface area contributed by atoms with E-state index < -0.39 is 0 Å². The Balaban J connectivity index is 1.87. The van der Waals surface area contributed by atoms with E-state index in [-0.39, 0.29) is 5.91 Å². The van der Waals surface area contributed by atoms with Crippen molar-refractivity contribution < 1.29 is 4.79 Å². The summed E-state index contributed by atoms with van der Waals surface area (Å²) in [5.41, 5.74) is 2.76. The molecular formula is C18H21N3OS. The quantitative estimate of drug-likeness (QED) is 0.710. The summed E-state index contributed by atoms with van der Waals surface area (Å²) < 4.78 is 0. The van der Waals surface area contributed by atoms with Crippen LogP contribution < -0.4 is 16.0 Å². The van der Waals surface area contributed by atoms with Crippen molar-refractivity contribution in [1.82, 2.24) is 5.32 Å². The van der Waals surface area contributed by atoms with Gasteiger partial charge in [0.2, 0.25) is 5.91 Å². The summed E-state index contributed by atoms with van der Waals surface area (Å²) >= 11 is 5.15. The van der Waals surface area contributed by atoms with E-state index in [4.69, 9.17) is 12.2 Å². The molecular weight excluding hydrogens is 306 g/mol. The third kappa shape index (κ3) is 6.08. The summed E-state index contributed by atoms with van der Waals surface area (Å²) in [4.78, 5) is 12.1. The van der Waals surface area contributed by atoms with Crippen molar-refractivity contribution in [2.45, 2.75) is 19.8 Å². The van der Waals surface area contributed by atoms with Crippen molar-refractivity contribution in [2.75, 3.05) is 17.2 Å². The normalized spacial score (nSPS) is 9.96. The summed E-state index contributed by atoms with van der Waals surface area (Å²) in [5, 5.41) is 9.59. The number of nitrogens with one attached hydrogen (secondary N) is 3. The van der Waals surface area contributed by atoms with Crippen molar-refractivity contribution >= 4 is 34.6 Å². The number of carbonyl (C=O) groups is 1. The lowest BCUT2D eigenvalue weighted by Gasteiger charge is -2.11. The molecule has 0 bridgehead atoms. The van der Waals surface area contributed by atoms with Crippen molar-refractivity contribution in [3.63, 3.8) is 0 Å². The Hall–Kier alpha value is -2.40. The summed E-state index contributed by atoms with van der Waals surface area (Å²) in [7, 11) is 0. The average molecular weight is 327 g/mol. The molecule has 0 aliphatic carbocycles. The Morgan fingerprint density at radius 2 is 1.70 bits per heavy atom. The van der Waals surface area contributed by atoms with Gasteiger partial charge in [-0.25, -0.2) is 0 Å². The molecule has 2 aromatic rings. The minimum Gasteiger partial charge on any atom is -0.363 e. The number of hydrogen-bond acceptors (Lipinski definition) is 2. The zero-order valence-corrected chi connectivity index (χ0v) is 14.0. The molecule has 0 unspecified atom stereocenters. The van der Waals surface area contributed by atoms with Crippen LogP contribution in [-0.2, 0) is 11.2 Å². The van der Waals surface area contributed by atoms with E-state index in [1.54, 1.807) is 0 Å². The Kier molecular flexibility index (Phi) is 6.56. The van der Waals surface area contributed by atoms with Gasteiger partial charge >= 0.3 is 0 Å². The Labute approximate surface area is 142 Å². The molecule has 0 aliphatic heterocycles. The molecule has 0 radical (unpaired) electrons. The molecule has 0 aromatic heterocycles. The van der Waals surface area contributed by atoms with Crippen LogP contribution in [0.25, 0.3) is 0 Å². The number of rotatable bonds is 6. The number of thiocarbonyl (C=S) groups is 1. The highest BCUT2D eigenvalue weighted by Gasteiger charge is 2.04. The molecule has 0 saturated carbocycles. The van der Waals surface area contributed by atoms with Crippen LogP contribution in [0.2, 0.25) is 0 Å². The number of anilines is 2. The van der Waals surface area contributed by atoms with Gasteiger partial charge in [0.1, 0.15) is 0 Å². The monoisotopic (exact) mass is 327 g/mol. The predicted molar refractivity (Wildman–Crippen MR) is 99.7 cm³/mol. The van der Waals surface area contributed by atoms with E-state index >= 15 is 0 Å². The lowest BCUT2D eigenvalue weighted by atomic mass is 10.1. The van der Waals surface area contributed by atoms with Gasteiger partial charge in [0.05, 0.1) is 0 Å². The van der Waals surface area contributed by atoms with E-state index in [1.165, 1.54) is 0 Å². The second-order valence-electron chi connectivity index (χ2n) is 5.10. The largest absolute Gasteiger partial charge is 0.363 e. The van der Waals surface area contributed by atoms with Gasteiger partial charge in [-0.05, 0) is 49.3 Å². The van der Waals surface area contributed by atoms with Gasteiger partial charge in [-0.15, -0.1) is 0 Å². The first-order valence-corrected chi connectivity index (χ1v) is 8.07. The average Bonchev–Trinajstić information content (AvgIpc) is 2.54. The molecule has 23 heavy (non-hydrogen) atoms. The molecule has 3 N–H and O–H groups in total. The van der Waals surface area contributed by atoms with Gasteiger partial charge < -0.3 is 16.0 Å². The van der Waals surface area contributed by atoms with E-state index in [0.29, 0.717) is 11.5 Å². The van der Waals surface area contributed by atoms with Gasteiger partial charge in [0, 0.05) is 24.3 Å². The predicted octanol–water partition coefficient (Wildman–Crippen LogP) is 3.56. The molecule has 5 heteroatoms. The molecule has 2 aromatic carbocycles. The molecule has 1 amide bonds. The minimum atomic E-state index is 0.000243. The van der Waals surface area contributed by atoms with Crippen LogP contribution in [0, 0.1) is 0 Å². The lowest BCUT2D eigenvalue weighted by Crippen LogP contribution is -2.27. The highest BCUT2D eigenvalue weighted by molar-refractivity contribution is 7.80. The van der Waals surface area contributed by atoms with Gasteiger partial charge in [0.25, 0.3) is 0 Å². The fourth-order valence-corrected chi connectivity index (χ4v) is 2.40. The maximum absolute atomic E-state index is 12.1. The van der Waals surface area contributed by atoms with Crippen LogP contribution in [0.4, 0.5) is 11.4 Å². The van der Waals surface area contributed by atoms with Crippen molar-refractivity contribution in [3.05, 3.63) is 60.2 Å². The third-order valence-electron chi connectivity index (χ3n) is 3.23. The first kappa shape index (κ1) is 17.0. The summed E-state index contributed by atoms with van der Waals surface area (Å²) in [6.07, 6.45) is 1.19. The highest BCUT2D eigenvalue weighted by Crippen LogP contribution is 2.15. The zero-order chi connectivity index (χ0) is 16.5. The molecule has 2 rings (SSSR count). The summed E-state index contributed by atoms with van der Waals surface area (Å²) in [6, 6.07) is 17.5. The number of amides is 1. The van der Waals surface area contributed by atoms with Crippen LogP contribution in [0.15, 0.2) is 54.6 Å². The van der Waals surface area contributed by atoms with Crippen LogP contribution in [-0.4, -0.2) is 17.6 Å². The molecule has 0 saturated heterocycles. The van der Waals surface area contributed by atoms with Gasteiger partial charge in [-0.2, -0.15) is 0 Å². The first-order chi connectivity index (χ1) is 11.2. The molecule has 0 heterocycles. The maximum atomic E-state index is 12.1. The Bertz CT molecular complexity index is 658. The summed E-state index contributed by atoms with van der Waals surface area (Å²) in [6.45, 7) is 2.75. The van der Waals surface area contributed by atoms with Crippen LogP contribution >= 0.6 is 12.2 Å². The molecule has 0 aliphatic rings. The second kappa shape index (κ2) is 8.90. The van der Waals surface area contributed by atoms with Crippen LogP contribution in [0.3, 0.4) is 0 Å². The smallest absolute Gasteiger partial charge is 0.224 e. The number of hydrogen-bond donors (Lipinski definition) is 3. The number of benzene rings is 2. The fourth-order valence-electron chi connectivity index (χ4n) is 2.14. The molecule has 0 spiro atoms. The van der Waals surface area contributed by atoms with E-state index in [1.807, 2.05) is 61.5 Å². The topological polar surface area (TPSA) is 53.2 Å². The first-order valence-electron chi connectivity index (χ1n) is 7.66. The van der Waals surface area contributed by atoms with E-state index in [2.05, 4.69) is 16.0 Å². The van der Waals surface area contributed by atoms with Gasteiger partial charge in [-0.3, -0.25) is 4.79 Å². The minimum absolute atomic E-state index is 0.000243. The highest BCUT2D eigenvalue weighted by atomic mass is 32.1. The maximum Gasteiger partial charge on any atom is 0.224 e. The lowest BCUT2D eigenvalue weighted by molar-refractivity contribution is -0.116. The Morgan fingerprint density at radius 1 is 1.00 bits per heavy atom. The SMILES string of the molecule is CCNC(=S)Nc1cccc(NC(=O)CCc2ccccc2)c1. The Morgan fingerprint density at radius 3 is 2.39 bits per heavy atom. The number of carbonyl (C=O) groups excluding carboxylic acids is 1. The standard InChI is InChI=1S/C18H21N3OS/c1-2-19-18(23)21-16-10-6-9-15(13-16)20-17(22)12-11-14-7-4-3-5-8-14/h3-10,13H,2,11-12H2,1H3,(H,20,22)(H2,19,21,23). The molecule has 0 fully saturated rings. The van der Waals surface area contributed by atoms with Crippen molar-refractivity contribution in [3.8, 4) is 0 Å². The summed E-state index contributed by atoms with van der Waals surface area (Å²) in [5.74, 6) is 0.000243. The van der Waals surface area contributed by atoms with Gasteiger partial charge in [0.15, 0.2) is 5.11 Å². The van der Waals surface area contributed by atoms with E-state index in [9.17, 15) is 4.79 Å². The van der Waals surface area contributed by atoms with Gasteiger partial charge in [-0.1, -0.05) is 36.4 Å². The van der Waals surface area contributed by atoms with Crippen LogP contribution in [0.1, 0.15) is 18.9 Å². The van der Waals surface area contributed by atoms with Crippen molar-refractivity contribution in [1.29, 1.82) is 0 Å². The molecule has 120 valence electrons. The zero-order valence-electron chi connectivity index (χ0n) is 13.1. The third-order valence-corrected chi connectivity index (χ3v) is 3.47. The molecule has 0 atom stereocenters. The second-order valence-corrected chi connectivity index (χ2v) is 5.51. The van der Waals surface area contributed by atoms with Crippen LogP contribution in [0.5, 0.6) is 0 Å².